The zero-order valence-electron chi connectivity index (χ0n) is 10.5. The van der Waals surface area contributed by atoms with Gasteiger partial charge in [0.1, 0.15) is 5.75 Å². The Hall–Kier alpha value is -1.17. The van der Waals surface area contributed by atoms with Crippen molar-refractivity contribution in [3.63, 3.8) is 0 Å². The van der Waals surface area contributed by atoms with Crippen molar-refractivity contribution in [3.05, 3.63) is 28.2 Å². The number of amides is 1. The lowest BCUT2D eigenvalue weighted by molar-refractivity contribution is -0.130. The molecule has 2 rings (SSSR count). The van der Waals surface area contributed by atoms with Crippen LogP contribution in [0.15, 0.2) is 22.7 Å². The van der Waals surface area contributed by atoms with Gasteiger partial charge in [-0.2, -0.15) is 0 Å². The fourth-order valence-corrected chi connectivity index (χ4v) is 2.42. The molecule has 1 amide bonds. The van der Waals surface area contributed by atoms with Gasteiger partial charge in [0, 0.05) is 17.4 Å². The quantitative estimate of drug-likeness (QED) is 0.851. The Morgan fingerprint density at radius 3 is 2.84 bits per heavy atom. The second kappa shape index (κ2) is 5.45. The van der Waals surface area contributed by atoms with E-state index in [0.717, 1.165) is 10.0 Å². The second-order valence-electron chi connectivity index (χ2n) is 4.56. The summed E-state index contributed by atoms with van der Waals surface area (Å²) >= 11 is 3.34. The van der Waals surface area contributed by atoms with Crippen LogP contribution < -0.4 is 4.74 Å². The molecule has 1 aliphatic heterocycles. The molecule has 19 heavy (non-hydrogen) atoms. The lowest BCUT2D eigenvalue weighted by Crippen LogP contribution is -2.32. The van der Waals surface area contributed by atoms with Crippen LogP contribution in [-0.4, -0.2) is 36.9 Å². The molecule has 0 N–H and O–H groups in total. The Balaban J connectivity index is 2.07. The summed E-state index contributed by atoms with van der Waals surface area (Å²) in [6.07, 6.45) is -0.161. The van der Waals surface area contributed by atoms with Gasteiger partial charge in [-0.25, -0.2) is 8.78 Å². The Bertz CT molecular complexity index is 494. The van der Waals surface area contributed by atoms with Crippen LogP contribution in [0.25, 0.3) is 0 Å². The van der Waals surface area contributed by atoms with Crippen LogP contribution in [0.1, 0.15) is 12.0 Å². The van der Waals surface area contributed by atoms with Crippen molar-refractivity contribution in [1.29, 1.82) is 0 Å². The second-order valence-corrected chi connectivity index (χ2v) is 5.41. The molecule has 1 aromatic carbocycles. The predicted octanol–water partition coefficient (Wildman–Crippen LogP) is 2.87. The summed E-state index contributed by atoms with van der Waals surface area (Å²) in [7, 11) is 1.54. The highest BCUT2D eigenvalue weighted by Gasteiger charge is 2.40. The number of likely N-dealkylation sites (tertiary alicyclic amines) is 1. The molecule has 0 bridgehead atoms. The predicted molar refractivity (Wildman–Crippen MR) is 70.5 cm³/mol. The van der Waals surface area contributed by atoms with Crippen molar-refractivity contribution in [2.45, 2.75) is 18.8 Å². The summed E-state index contributed by atoms with van der Waals surface area (Å²) in [6, 6.07) is 5.28. The zero-order chi connectivity index (χ0) is 14.0. The van der Waals surface area contributed by atoms with Crippen molar-refractivity contribution in [1.82, 2.24) is 4.90 Å². The Morgan fingerprint density at radius 2 is 2.26 bits per heavy atom. The van der Waals surface area contributed by atoms with Crippen molar-refractivity contribution in [2.75, 3.05) is 20.2 Å². The molecule has 0 unspecified atom stereocenters. The largest absolute Gasteiger partial charge is 0.497 e. The van der Waals surface area contributed by atoms with Crippen LogP contribution >= 0.6 is 15.9 Å². The van der Waals surface area contributed by atoms with Gasteiger partial charge in [0.2, 0.25) is 5.91 Å². The summed E-state index contributed by atoms with van der Waals surface area (Å²) < 4.78 is 32.0. The van der Waals surface area contributed by atoms with Gasteiger partial charge in [0.15, 0.2) is 0 Å². The molecule has 0 atom stereocenters. The summed E-state index contributed by atoms with van der Waals surface area (Å²) in [5.74, 6) is -2.40. The van der Waals surface area contributed by atoms with Gasteiger partial charge < -0.3 is 9.64 Å². The number of halogens is 3. The number of alkyl halides is 2. The van der Waals surface area contributed by atoms with Crippen molar-refractivity contribution in [2.24, 2.45) is 0 Å². The molecular weight excluding hydrogens is 320 g/mol. The summed E-state index contributed by atoms with van der Waals surface area (Å²) in [6.45, 7) is -0.360. The molecule has 1 aromatic rings. The topological polar surface area (TPSA) is 29.5 Å². The van der Waals surface area contributed by atoms with Gasteiger partial charge in [0.25, 0.3) is 5.92 Å². The molecular formula is C13H14BrF2NO2. The van der Waals surface area contributed by atoms with Crippen LogP contribution in [0.4, 0.5) is 8.78 Å². The third-order valence-corrected chi connectivity index (χ3v) is 3.89. The van der Waals surface area contributed by atoms with Crippen molar-refractivity contribution in [3.8, 4) is 5.75 Å². The van der Waals surface area contributed by atoms with Crippen molar-refractivity contribution < 1.29 is 18.3 Å². The Morgan fingerprint density at radius 1 is 1.53 bits per heavy atom. The summed E-state index contributed by atoms with van der Waals surface area (Å²) in [5, 5.41) is 0. The molecule has 0 aliphatic carbocycles. The number of ether oxygens (including phenoxy) is 1. The molecule has 1 heterocycles. The molecule has 3 nitrogen and oxygen atoms in total. The maximum atomic E-state index is 13.1. The van der Waals surface area contributed by atoms with Gasteiger partial charge >= 0.3 is 0 Å². The third kappa shape index (κ3) is 3.43. The first-order chi connectivity index (χ1) is 8.91. The van der Waals surface area contributed by atoms with Gasteiger partial charge in [-0.1, -0.05) is 15.9 Å². The normalized spacial score (nSPS) is 17.6. The van der Waals surface area contributed by atoms with E-state index in [1.54, 1.807) is 18.2 Å². The molecule has 0 spiro atoms. The summed E-state index contributed by atoms with van der Waals surface area (Å²) in [4.78, 5) is 13.2. The van der Waals surface area contributed by atoms with Crippen LogP contribution in [0.2, 0.25) is 0 Å². The fourth-order valence-electron chi connectivity index (χ4n) is 2.04. The minimum atomic E-state index is -2.75. The van der Waals surface area contributed by atoms with E-state index in [1.807, 2.05) is 0 Å². The van der Waals surface area contributed by atoms with Gasteiger partial charge in [-0.05, 0) is 23.8 Å². The fraction of sp³-hybridized carbons (Fsp3) is 0.462. The van der Waals surface area contributed by atoms with E-state index in [1.165, 1.54) is 12.0 Å². The first kappa shape index (κ1) is 14.2. The molecule has 0 radical (unpaired) electrons. The highest BCUT2D eigenvalue weighted by Crippen LogP contribution is 2.28. The molecule has 104 valence electrons. The van der Waals surface area contributed by atoms with Crippen LogP contribution in [-0.2, 0) is 11.2 Å². The molecule has 1 aliphatic rings. The van der Waals surface area contributed by atoms with Gasteiger partial charge in [-0.3, -0.25) is 4.79 Å². The molecule has 0 saturated carbocycles. The van der Waals surface area contributed by atoms with E-state index in [0.29, 0.717) is 5.75 Å². The summed E-state index contributed by atoms with van der Waals surface area (Å²) in [5.41, 5.74) is 0.736. The minimum Gasteiger partial charge on any atom is -0.497 e. The first-order valence-corrected chi connectivity index (χ1v) is 6.68. The number of carbonyl (C=O) groups is 1. The molecule has 0 aromatic heterocycles. The number of benzene rings is 1. The monoisotopic (exact) mass is 333 g/mol. The van der Waals surface area contributed by atoms with Crippen LogP contribution in [0.5, 0.6) is 5.75 Å². The van der Waals surface area contributed by atoms with E-state index in [4.69, 9.17) is 4.74 Å². The number of methoxy groups -OCH3 is 1. The molecule has 1 fully saturated rings. The maximum Gasteiger partial charge on any atom is 0.267 e. The van der Waals surface area contributed by atoms with E-state index >= 15 is 0 Å². The van der Waals surface area contributed by atoms with Gasteiger partial charge in [0.05, 0.1) is 20.1 Å². The lowest BCUT2D eigenvalue weighted by Gasteiger charge is -2.16. The standard InChI is InChI=1S/C13H14BrF2NO2/c1-19-10-2-3-11(14)9(6-10)7-12(18)17-5-4-13(15,16)8-17/h2-3,6H,4-5,7-8H2,1H3. The first-order valence-electron chi connectivity index (χ1n) is 5.89. The highest BCUT2D eigenvalue weighted by atomic mass is 79.9. The Labute approximate surface area is 118 Å². The third-order valence-electron chi connectivity index (χ3n) is 3.12. The number of hydrogen-bond acceptors (Lipinski definition) is 2. The van der Waals surface area contributed by atoms with E-state index in [9.17, 15) is 13.6 Å². The molecule has 1 saturated heterocycles. The Kier molecular flexibility index (Phi) is 4.08. The van der Waals surface area contributed by atoms with E-state index in [-0.39, 0.29) is 25.3 Å². The minimum absolute atomic E-state index is 0.0911. The van der Waals surface area contributed by atoms with Crippen molar-refractivity contribution >= 4 is 21.8 Å². The smallest absolute Gasteiger partial charge is 0.267 e. The van der Waals surface area contributed by atoms with Crippen LogP contribution in [0, 0.1) is 0 Å². The van der Waals surface area contributed by atoms with E-state index < -0.39 is 12.5 Å². The van der Waals surface area contributed by atoms with Gasteiger partial charge in [-0.15, -0.1) is 0 Å². The lowest BCUT2D eigenvalue weighted by atomic mass is 10.1. The average molecular weight is 334 g/mol. The number of nitrogens with zero attached hydrogens (tertiary/aromatic N) is 1. The number of hydrogen-bond donors (Lipinski definition) is 0. The molecule has 6 heteroatoms. The maximum absolute atomic E-state index is 13.1. The zero-order valence-corrected chi connectivity index (χ0v) is 12.0. The SMILES string of the molecule is COc1ccc(Br)c(CC(=O)N2CCC(F)(F)C2)c1. The van der Waals surface area contributed by atoms with E-state index in [2.05, 4.69) is 15.9 Å². The average Bonchev–Trinajstić information content (AvgIpc) is 2.72. The highest BCUT2D eigenvalue weighted by molar-refractivity contribution is 9.10. The number of rotatable bonds is 3. The van der Waals surface area contributed by atoms with Crippen LogP contribution in [0.3, 0.4) is 0 Å². The number of carbonyl (C=O) groups excluding carboxylic acids is 1.